The number of hydrogen-bond acceptors (Lipinski definition) is 5. The molecule has 26 heavy (non-hydrogen) atoms. The molecule has 9 heteroatoms. The molecule has 1 rings (SSSR count). The molecule has 0 saturated heterocycles. The molecule has 0 bridgehead atoms. The number of rotatable bonds is 9. The molecule has 0 amide bonds. The number of nitrogens with one attached hydrogen (secondary N) is 1. The molecule has 0 aliphatic carbocycles. The Hall–Kier alpha value is -2.00. The van der Waals surface area contributed by atoms with Gasteiger partial charge in [-0.05, 0) is 45.0 Å². The quantitative estimate of drug-likeness (QED) is 0.655. The van der Waals surface area contributed by atoms with E-state index in [9.17, 15) is 22.0 Å². The zero-order valence-corrected chi connectivity index (χ0v) is 15.7. The molecule has 1 aromatic rings. The minimum Gasteiger partial charge on any atom is -0.491 e. The Kier molecular flexibility index (Phi) is 7.70. The highest BCUT2D eigenvalue weighted by molar-refractivity contribution is 7.89. The molecule has 6 nitrogen and oxygen atoms in total. The summed E-state index contributed by atoms with van der Waals surface area (Å²) >= 11 is 0. The first-order valence-electron chi connectivity index (χ1n) is 7.82. The maximum absolute atomic E-state index is 13.2. The van der Waals surface area contributed by atoms with Crippen LogP contribution in [0.1, 0.15) is 27.2 Å². The van der Waals surface area contributed by atoms with Crippen LogP contribution in [0.25, 0.3) is 0 Å². The van der Waals surface area contributed by atoms with Gasteiger partial charge in [0.25, 0.3) is 0 Å². The molecule has 0 heterocycles. The zero-order chi connectivity index (χ0) is 20.0. The third kappa shape index (κ3) is 7.49. The highest BCUT2D eigenvalue weighted by atomic mass is 32.2. The highest BCUT2D eigenvalue weighted by Crippen LogP contribution is 2.18. The van der Waals surface area contributed by atoms with Crippen LogP contribution in [-0.2, 0) is 19.6 Å². The molecule has 1 N–H and O–H groups in total. The van der Waals surface area contributed by atoms with Crippen LogP contribution in [-0.4, -0.2) is 39.3 Å². The van der Waals surface area contributed by atoms with Gasteiger partial charge in [-0.15, -0.1) is 0 Å². The van der Waals surface area contributed by atoms with Crippen molar-refractivity contribution in [1.29, 1.82) is 0 Å². The smallest absolute Gasteiger partial charge is 0.325 e. The Morgan fingerprint density at radius 1 is 1.27 bits per heavy atom. The maximum Gasteiger partial charge on any atom is 0.325 e. The maximum atomic E-state index is 13.2. The Bertz CT molecular complexity index is 727. The van der Waals surface area contributed by atoms with Crippen molar-refractivity contribution in [3.63, 3.8) is 0 Å². The molecule has 0 unspecified atom stereocenters. The minimum absolute atomic E-state index is 0.149. The van der Waals surface area contributed by atoms with Crippen LogP contribution in [0.3, 0.4) is 0 Å². The van der Waals surface area contributed by atoms with Crippen molar-refractivity contribution in [1.82, 2.24) is 4.72 Å². The van der Waals surface area contributed by atoms with E-state index >= 15 is 0 Å². The zero-order valence-electron chi connectivity index (χ0n) is 14.9. The molecule has 0 aliphatic heterocycles. The van der Waals surface area contributed by atoms with Crippen molar-refractivity contribution in [2.45, 2.75) is 43.7 Å². The molecule has 0 aromatic heterocycles. The van der Waals surface area contributed by atoms with Crippen LogP contribution in [0.5, 0.6) is 5.75 Å². The standard InChI is InChI=1S/C17H23F2NO5S/c1-12(19)11-15(16(21)25-17(2,3)4)20-26(22,23)14-7-5-13(6-8-14)24-10-9-18/h5-8,15,20H,1,9-11H2,2-4H3/t15-/m0/s1. The topological polar surface area (TPSA) is 81.7 Å². The van der Waals surface area contributed by atoms with Gasteiger partial charge >= 0.3 is 5.97 Å². The van der Waals surface area contributed by atoms with E-state index in [1.54, 1.807) is 20.8 Å². The predicted octanol–water partition coefficient (Wildman–Crippen LogP) is 2.90. The van der Waals surface area contributed by atoms with Crippen molar-refractivity contribution in [2.24, 2.45) is 0 Å². The number of hydrogen-bond donors (Lipinski definition) is 1. The lowest BCUT2D eigenvalue weighted by Gasteiger charge is -2.24. The number of esters is 1. The van der Waals surface area contributed by atoms with E-state index in [2.05, 4.69) is 11.3 Å². The molecule has 0 aliphatic rings. The van der Waals surface area contributed by atoms with Gasteiger partial charge in [0, 0.05) is 6.42 Å². The predicted molar refractivity (Wildman–Crippen MR) is 92.7 cm³/mol. The minimum atomic E-state index is -4.13. The summed E-state index contributed by atoms with van der Waals surface area (Å²) < 4.78 is 62.4. The van der Waals surface area contributed by atoms with E-state index in [0.29, 0.717) is 5.75 Å². The van der Waals surface area contributed by atoms with Crippen LogP contribution in [0.2, 0.25) is 0 Å². The van der Waals surface area contributed by atoms with Gasteiger partial charge in [-0.2, -0.15) is 4.72 Å². The first kappa shape index (κ1) is 22.0. The summed E-state index contributed by atoms with van der Waals surface area (Å²) in [6.45, 7) is 7.06. The van der Waals surface area contributed by atoms with Gasteiger partial charge in [0.15, 0.2) is 0 Å². The summed E-state index contributed by atoms with van der Waals surface area (Å²) in [7, 11) is -4.13. The SMILES string of the molecule is C=C(F)C[C@H](NS(=O)(=O)c1ccc(OCCF)cc1)C(=O)OC(C)(C)C. The molecule has 0 radical (unpaired) electrons. The van der Waals surface area contributed by atoms with E-state index < -0.39 is 46.6 Å². The summed E-state index contributed by atoms with van der Waals surface area (Å²) in [5.41, 5.74) is -0.867. The number of benzene rings is 1. The summed E-state index contributed by atoms with van der Waals surface area (Å²) in [5, 5.41) is 0. The Morgan fingerprint density at radius 3 is 2.31 bits per heavy atom. The summed E-state index contributed by atoms with van der Waals surface area (Å²) in [6.07, 6.45) is -0.550. The summed E-state index contributed by atoms with van der Waals surface area (Å²) in [4.78, 5) is 12.0. The fourth-order valence-electron chi connectivity index (χ4n) is 1.89. The van der Waals surface area contributed by atoms with Crippen molar-refractivity contribution >= 4 is 16.0 Å². The fraction of sp³-hybridized carbons (Fsp3) is 0.471. The van der Waals surface area contributed by atoms with Crippen molar-refractivity contribution in [2.75, 3.05) is 13.3 Å². The lowest BCUT2D eigenvalue weighted by molar-refractivity contribution is -0.157. The monoisotopic (exact) mass is 391 g/mol. The van der Waals surface area contributed by atoms with Crippen LogP contribution in [0.15, 0.2) is 41.6 Å². The van der Waals surface area contributed by atoms with Crippen LogP contribution in [0, 0.1) is 0 Å². The number of alkyl halides is 1. The van der Waals surface area contributed by atoms with Crippen LogP contribution in [0.4, 0.5) is 8.78 Å². The van der Waals surface area contributed by atoms with Crippen molar-refractivity contribution < 1.29 is 31.5 Å². The Morgan fingerprint density at radius 2 is 1.85 bits per heavy atom. The van der Waals surface area contributed by atoms with Crippen LogP contribution >= 0.6 is 0 Å². The molecule has 0 fully saturated rings. The third-order valence-electron chi connectivity index (χ3n) is 2.89. The molecule has 146 valence electrons. The second kappa shape index (κ2) is 9.09. The lowest BCUT2D eigenvalue weighted by Crippen LogP contribution is -2.44. The molecule has 1 atom stereocenters. The van der Waals surface area contributed by atoms with Crippen molar-refractivity contribution in [3.05, 3.63) is 36.7 Å². The van der Waals surface area contributed by atoms with Gasteiger partial charge in [0.05, 0.1) is 10.7 Å². The molecular formula is C17H23F2NO5S. The van der Waals surface area contributed by atoms with Gasteiger partial charge in [-0.25, -0.2) is 17.2 Å². The number of carbonyl (C=O) groups is 1. The fourth-order valence-corrected chi connectivity index (χ4v) is 3.08. The van der Waals surface area contributed by atoms with E-state index in [1.165, 1.54) is 24.3 Å². The Labute approximate surface area is 152 Å². The average Bonchev–Trinajstić information content (AvgIpc) is 2.50. The largest absolute Gasteiger partial charge is 0.491 e. The van der Waals surface area contributed by atoms with Gasteiger partial charge < -0.3 is 9.47 Å². The summed E-state index contributed by atoms with van der Waals surface area (Å²) in [5.74, 6) is -1.48. The molecular weight excluding hydrogens is 368 g/mol. The molecule has 0 spiro atoms. The highest BCUT2D eigenvalue weighted by Gasteiger charge is 2.30. The second-order valence-electron chi connectivity index (χ2n) is 6.44. The average molecular weight is 391 g/mol. The molecule has 1 aromatic carbocycles. The van der Waals surface area contributed by atoms with Gasteiger partial charge in [-0.3, -0.25) is 4.79 Å². The van der Waals surface area contributed by atoms with Gasteiger partial charge in [0.1, 0.15) is 30.7 Å². The normalized spacial score (nSPS) is 13.1. The van der Waals surface area contributed by atoms with E-state index in [0.717, 1.165) is 0 Å². The van der Waals surface area contributed by atoms with E-state index in [-0.39, 0.29) is 11.5 Å². The van der Waals surface area contributed by atoms with E-state index in [4.69, 9.17) is 9.47 Å². The first-order chi connectivity index (χ1) is 11.9. The molecule has 0 saturated carbocycles. The van der Waals surface area contributed by atoms with Crippen molar-refractivity contribution in [3.8, 4) is 5.75 Å². The first-order valence-corrected chi connectivity index (χ1v) is 9.30. The Balaban J connectivity index is 2.97. The van der Waals surface area contributed by atoms with E-state index in [1.807, 2.05) is 0 Å². The van der Waals surface area contributed by atoms with Crippen LogP contribution < -0.4 is 9.46 Å². The second-order valence-corrected chi connectivity index (χ2v) is 8.15. The lowest BCUT2D eigenvalue weighted by atomic mass is 10.1. The number of halogens is 2. The number of carbonyl (C=O) groups excluding carboxylic acids is 1. The van der Waals surface area contributed by atoms with Gasteiger partial charge in [0.2, 0.25) is 10.0 Å². The third-order valence-corrected chi connectivity index (χ3v) is 4.38. The number of ether oxygens (including phenoxy) is 2. The van der Waals surface area contributed by atoms with Gasteiger partial charge in [-0.1, -0.05) is 6.58 Å². The summed E-state index contributed by atoms with van der Waals surface area (Å²) in [6, 6.07) is 3.69. The number of sulfonamides is 1.